The van der Waals surface area contributed by atoms with Crippen LogP contribution in [0, 0.1) is 5.92 Å². The number of rotatable bonds is 7. The Kier molecular flexibility index (Phi) is 7.09. The van der Waals surface area contributed by atoms with E-state index in [0.29, 0.717) is 57.3 Å². The molecule has 1 atom stereocenters. The summed E-state index contributed by atoms with van der Waals surface area (Å²) >= 11 is 0. The Hall–Kier alpha value is -2.78. The average Bonchev–Trinajstić information content (AvgIpc) is 2.84. The van der Waals surface area contributed by atoms with Gasteiger partial charge in [-0.15, -0.1) is 0 Å². The minimum absolute atomic E-state index is 0.0484. The minimum Gasteiger partial charge on any atom is -0.494 e. The molecule has 0 aliphatic carbocycles. The van der Waals surface area contributed by atoms with E-state index >= 15 is 0 Å². The van der Waals surface area contributed by atoms with Crippen molar-refractivity contribution in [3.8, 4) is 17.2 Å². The minimum atomic E-state index is -3.67. The van der Waals surface area contributed by atoms with Crippen LogP contribution in [0.25, 0.3) is 0 Å². The first-order valence-corrected chi connectivity index (χ1v) is 12.8. The smallest absolute Gasteiger partial charge is 0.243 e. The van der Waals surface area contributed by atoms with Gasteiger partial charge in [-0.1, -0.05) is 12.1 Å². The third-order valence-corrected chi connectivity index (χ3v) is 7.92. The van der Waals surface area contributed by atoms with Crippen molar-refractivity contribution >= 4 is 15.9 Å². The van der Waals surface area contributed by atoms with Crippen molar-refractivity contribution in [3.63, 3.8) is 0 Å². The fourth-order valence-corrected chi connectivity index (χ4v) is 5.61. The van der Waals surface area contributed by atoms with E-state index < -0.39 is 10.0 Å². The summed E-state index contributed by atoms with van der Waals surface area (Å²) in [6.45, 7) is 5.92. The molecular weight excluding hydrogens is 444 g/mol. The highest BCUT2D eigenvalue weighted by Crippen LogP contribution is 2.34. The van der Waals surface area contributed by atoms with E-state index in [0.717, 1.165) is 11.3 Å². The van der Waals surface area contributed by atoms with Crippen LogP contribution >= 0.6 is 0 Å². The van der Waals surface area contributed by atoms with Gasteiger partial charge in [0.25, 0.3) is 0 Å². The standard InChI is InChI=1S/C24H30N2O6S/c1-3-30-20-6-4-18(5-7-20)17(2)25-24(27)19-10-12-26(13-11-19)33(28,29)21-8-9-22-23(16-21)32-15-14-31-22/h4-9,16-17,19H,3,10-15H2,1-2H3,(H,25,27). The maximum absolute atomic E-state index is 13.1. The van der Waals surface area contributed by atoms with Gasteiger partial charge in [-0.05, 0) is 56.5 Å². The molecule has 2 aromatic rings. The number of benzene rings is 2. The SMILES string of the molecule is CCOc1ccc(C(C)NC(=O)C2CCN(S(=O)(=O)c3ccc4c(c3)OCCO4)CC2)cc1. The van der Waals surface area contributed by atoms with Gasteiger partial charge in [0.2, 0.25) is 15.9 Å². The maximum atomic E-state index is 13.1. The first-order valence-electron chi connectivity index (χ1n) is 11.3. The molecule has 0 saturated carbocycles. The third kappa shape index (κ3) is 5.25. The number of carbonyl (C=O) groups excluding carboxylic acids is 1. The summed E-state index contributed by atoms with van der Waals surface area (Å²) in [5.74, 6) is 1.53. The van der Waals surface area contributed by atoms with Gasteiger partial charge < -0.3 is 19.5 Å². The summed E-state index contributed by atoms with van der Waals surface area (Å²) in [5, 5.41) is 3.06. The Morgan fingerprint density at radius 3 is 2.42 bits per heavy atom. The Balaban J connectivity index is 1.33. The Morgan fingerprint density at radius 2 is 1.76 bits per heavy atom. The highest BCUT2D eigenvalue weighted by Gasteiger charge is 2.33. The van der Waals surface area contributed by atoms with Crippen LogP contribution in [-0.2, 0) is 14.8 Å². The number of amides is 1. The lowest BCUT2D eigenvalue weighted by Gasteiger charge is -2.31. The van der Waals surface area contributed by atoms with Crippen LogP contribution in [0.5, 0.6) is 17.2 Å². The number of ether oxygens (including phenoxy) is 3. The number of hydrogen-bond donors (Lipinski definition) is 1. The van der Waals surface area contributed by atoms with Crippen LogP contribution in [-0.4, -0.2) is 51.5 Å². The van der Waals surface area contributed by atoms with Gasteiger partial charge in [-0.2, -0.15) is 4.31 Å². The Bertz CT molecular complexity index is 1080. The number of piperidine rings is 1. The van der Waals surface area contributed by atoms with E-state index in [4.69, 9.17) is 14.2 Å². The number of hydrogen-bond acceptors (Lipinski definition) is 6. The number of sulfonamides is 1. The quantitative estimate of drug-likeness (QED) is 0.663. The monoisotopic (exact) mass is 474 g/mol. The first kappa shape index (κ1) is 23.4. The second kappa shape index (κ2) is 10.0. The van der Waals surface area contributed by atoms with Gasteiger partial charge in [0.1, 0.15) is 19.0 Å². The Morgan fingerprint density at radius 1 is 1.09 bits per heavy atom. The molecule has 1 amide bonds. The van der Waals surface area contributed by atoms with Crippen molar-refractivity contribution in [3.05, 3.63) is 48.0 Å². The first-order chi connectivity index (χ1) is 15.9. The van der Waals surface area contributed by atoms with E-state index in [9.17, 15) is 13.2 Å². The van der Waals surface area contributed by atoms with E-state index in [-0.39, 0.29) is 22.8 Å². The molecule has 0 radical (unpaired) electrons. The van der Waals surface area contributed by atoms with Crippen LogP contribution in [0.4, 0.5) is 0 Å². The van der Waals surface area contributed by atoms with Gasteiger partial charge in [0.05, 0.1) is 17.5 Å². The van der Waals surface area contributed by atoms with Gasteiger partial charge >= 0.3 is 0 Å². The molecule has 2 aliphatic rings. The van der Waals surface area contributed by atoms with Crippen molar-refractivity contribution in [2.75, 3.05) is 32.9 Å². The van der Waals surface area contributed by atoms with Crippen LogP contribution < -0.4 is 19.5 Å². The molecule has 0 bridgehead atoms. The number of fused-ring (bicyclic) bond motifs is 1. The second-order valence-electron chi connectivity index (χ2n) is 8.22. The summed E-state index contributed by atoms with van der Waals surface area (Å²) in [6, 6.07) is 12.2. The van der Waals surface area contributed by atoms with Crippen molar-refractivity contribution in [1.29, 1.82) is 0 Å². The zero-order valence-electron chi connectivity index (χ0n) is 19.0. The van der Waals surface area contributed by atoms with E-state index in [2.05, 4.69) is 5.32 Å². The molecule has 1 fully saturated rings. The molecule has 0 aromatic heterocycles. The predicted molar refractivity (Wildman–Crippen MR) is 123 cm³/mol. The molecule has 1 saturated heterocycles. The molecular formula is C24H30N2O6S. The topological polar surface area (TPSA) is 94.2 Å². The highest BCUT2D eigenvalue weighted by atomic mass is 32.2. The van der Waals surface area contributed by atoms with Crippen molar-refractivity contribution in [1.82, 2.24) is 9.62 Å². The molecule has 9 heteroatoms. The second-order valence-corrected chi connectivity index (χ2v) is 10.2. The molecule has 2 aromatic carbocycles. The van der Waals surface area contributed by atoms with Crippen molar-refractivity contribution < 1.29 is 27.4 Å². The summed E-state index contributed by atoms with van der Waals surface area (Å²) in [5.41, 5.74) is 0.991. The lowest BCUT2D eigenvalue weighted by Crippen LogP contribution is -2.43. The average molecular weight is 475 g/mol. The van der Waals surface area contributed by atoms with E-state index in [1.54, 1.807) is 12.1 Å². The number of nitrogens with zero attached hydrogens (tertiary/aromatic N) is 1. The Labute approximate surface area is 194 Å². The zero-order chi connectivity index (χ0) is 23.4. The summed E-state index contributed by atoms with van der Waals surface area (Å²) in [4.78, 5) is 13.0. The highest BCUT2D eigenvalue weighted by molar-refractivity contribution is 7.89. The molecule has 4 rings (SSSR count). The number of carbonyl (C=O) groups is 1. The molecule has 1 N–H and O–H groups in total. The lowest BCUT2D eigenvalue weighted by atomic mass is 9.96. The fourth-order valence-electron chi connectivity index (χ4n) is 4.13. The van der Waals surface area contributed by atoms with Crippen LogP contribution in [0.1, 0.15) is 38.3 Å². The van der Waals surface area contributed by atoms with E-state index in [1.807, 2.05) is 38.1 Å². The van der Waals surface area contributed by atoms with Crippen LogP contribution in [0.2, 0.25) is 0 Å². The zero-order valence-corrected chi connectivity index (χ0v) is 19.8. The van der Waals surface area contributed by atoms with Crippen molar-refractivity contribution in [2.45, 2.75) is 37.6 Å². The molecule has 33 heavy (non-hydrogen) atoms. The van der Waals surface area contributed by atoms with Gasteiger partial charge in [0, 0.05) is 25.1 Å². The predicted octanol–water partition coefficient (Wildman–Crippen LogP) is 3.13. The summed E-state index contributed by atoms with van der Waals surface area (Å²) < 4.78 is 44.1. The number of nitrogens with one attached hydrogen (secondary N) is 1. The van der Waals surface area contributed by atoms with Gasteiger partial charge in [0.15, 0.2) is 11.5 Å². The summed E-state index contributed by atoms with van der Waals surface area (Å²) in [7, 11) is -3.67. The molecule has 2 aliphatic heterocycles. The maximum Gasteiger partial charge on any atom is 0.243 e. The lowest BCUT2D eigenvalue weighted by molar-refractivity contribution is -0.126. The molecule has 178 valence electrons. The molecule has 1 unspecified atom stereocenters. The van der Waals surface area contributed by atoms with Crippen LogP contribution in [0.15, 0.2) is 47.4 Å². The van der Waals surface area contributed by atoms with Crippen LogP contribution in [0.3, 0.4) is 0 Å². The van der Waals surface area contributed by atoms with Gasteiger partial charge in [-0.3, -0.25) is 4.79 Å². The van der Waals surface area contributed by atoms with E-state index in [1.165, 1.54) is 10.4 Å². The van der Waals surface area contributed by atoms with Crippen molar-refractivity contribution in [2.24, 2.45) is 5.92 Å². The molecule has 2 heterocycles. The molecule has 0 spiro atoms. The van der Waals surface area contributed by atoms with Gasteiger partial charge in [-0.25, -0.2) is 8.42 Å². The third-order valence-electron chi connectivity index (χ3n) is 6.03. The fraction of sp³-hybridized carbons (Fsp3) is 0.458. The normalized spacial score (nSPS) is 17.9. The largest absolute Gasteiger partial charge is 0.494 e. The molecule has 8 nitrogen and oxygen atoms in total. The summed E-state index contributed by atoms with van der Waals surface area (Å²) in [6.07, 6.45) is 0.956.